The predicted molar refractivity (Wildman–Crippen MR) is 95.9 cm³/mol. The van der Waals surface area contributed by atoms with Crippen LogP contribution in [0.4, 0.5) is 5.69 Å². The number of aryl methyl sites for hydroxylation is 1. The quantitative estimate of drug-likeness (QED) is 0.656. The summed E-state index contributed by atoms with van der Waals surface area (Å²) in [6.45, 7) is 2.15. The lowest BCUT2D eigenvalue weighted by Gasteiger charge is -2.17. The summed E-state index contributed by atoms with van der Waals surface area (Å²) in [5.41, 5.74) is 8.37. The lowest BCUT2D eigenvalue weighted by atomic mass is 10.1. The second kappa shape index (κ2) is 7.97. The molecule has 4 nitrogen and oxygen atoms in total. The van der Waals surface area contributed by atoms with E-state index in [-0.39, 0.29) is 12.0 Å². The Labute approximate surface area is 143 Å². The van der Waals surface area contributed by atoms with Gasteiger partial charge >= 0.3 is 0 Å². The van der Waals surface area contributed by atoms with Crippen molar-refractivity contribution in [2.24, 2.45) is 0 Å². The van der Waals surface area contributed by atoms with Crippen molar-refractivity contribution in [2.75, 3.05) is 25.4 Å². The number of ether oxygens (including phenoxy) is 1. The fourth-order valence-corrected chi connectivity index (χ4v) is 3.07. The Morgan fingerprint density at radius 2 is 2.00 bits per heavy atom. The molecule has 2 N–H and O–H groups in total. The molecular weight excluding hydrogens is 300 g/mol. The fourth-order valence-electron chi connectivity index (χ4n) is 3.07. The third kappa shape index (κ3) is 4.36. The molecule has 126 valence electrons. The second-order valence-electron chi connectivity index (χ2n) is 6.25. The van der Waals surface area contributed by atoms with Crippen molar-refractivity contribution in [3.63, 3.8) is 0 Å². The third-order valence-electron chi connectivity index (χ3n) is 4.37. The first-order valence-corrected chi connectivity index (χ1v) is 8.53. The molecule has 1 aliphatic rings. The fraction of sp³-hybridized carbons (Fsp3) is 0.350. The number of benzene rings is 2. The molecule has 1 aliphatic heterocycles. The van der Waals surface area contributed by atoms with Gasteiger partial charge in [0.2, 0.25) is 0 Å². The molecule has 3 rings (SSSR count). The van der Waals surface area contributed by atoms with Gasteiger partial charge in [0, 0.05) is 30.9 Å². The number of rotatable bonds is 6. The summed E-state index contributed by atoms with van der Waals surface area (Å²) in [6.07, 6.45) is 3.08. The minimum atomic E-state index is 0.0395. The normalized spacial score (nSPS) is 17.2. The lowest BCUT2D eigenvalue weighted by Crippen LogP contribution is -2.30. The smallest absolute Gasteiger partial charge is 0.254 e. The van der Waals surface area contributed by atoms with Gasteiger partial charge in [0.15, 0.2) is 0 Å². The highest BCUT2D eigenvalue weighted by Crippen LogP contribution is 2.17. The van der Waals surface area contributed by atoms with E-state index in [4.69, 9.17) is 10.5 Å². The van der Waals surface area contributed by atoms with Crippen LogP contribution in [0.1, 0.15) is 28.8 Å². The summed E-state index contributed by atoms with van der Waals surface area (Å²) in [5.74, 6) is 0.0395. The molecule has 1 saturated heterocycles. The summed E-state index contributed by atoms with van der Waals surface area (Å²) in [4.78, 5) is 14.3. The van der Waals surface area contributed by atoms with Crippen LogP contribution in [0.15, 0.2) is 54.6 Å². The molecule has 2 aromatic rings. The zero-order valence-corrected chi connectivity index (χ0v) is 13.9. The van der Waals surface area contributed by atoms with Crippen molar-refractivity contribution in [2.45, 2.75) is 25.4 Å². The van der Waals surface area contributed by atoms with E-state index in [2.05, 4.69) is 24.3 Å². The zero-order chi connectivity index (χ0) is 16.8. The Morgan fingerprint density at radius 1 is 1.17 bits per heavy atom. The van der Waals surface area contributed by atoms with E-state index in [1.54, 1.807) is 12.1 Å². The first-order chi connectivity index (χ1) is 11.7. The van der Waals surface area contributed by atoms with Crippen molar-refractivity contribution in [1.29, 1.82) is 0 Å². The maximum absolute atomic E-state index is 12.5. The van der Waals surface area contributed by atoms with Crippen molar-refractivity contribution in [1.82, 2.24) is 4.90 Å². The number of carbonyl (C=O) groups excluding carboxylic acids is 1. The van der Waals surface area contributed by atoms with Crippen molar-refractivity contribution < 1.29 is 9.53 Å². The number of hydrogen-bond acceptors (Lipinski definition) is 3. The minimum Gasteiger partial charge on any atom is -0.399 e. The molecule has 1 amide bonds. The van der Waals surface area contributed by atoms with Crippen LogP contribution >= 0.6 is 0 Å². The number of nitrogen functional groups attached to an aromatic ring is 1. The summed E-state index contributed by atoms with van der Waals surface area (Å²) in [6, 6.07) is 17.6. The van der Waals surface area contributed by atoms with E-state index >= 15 is 0 Å². The van der Waals surface area contributed by atoms with Gasteiger partial charge in [0.05, 0.1) is 6.10 Å². The zero-order valence-electron chi connectivity index (χ0n) is 13.9. The molecule has 0 aromatic heterocycles. The molecule has 1 unspecified atom stereocenters. The van der Waals surface area contributed by atoms with Crippen molar-refractivity contribution in [3.8, 4) is 0 Å². The molecule has 24 heavy (non-hydrogen) atoms. The Morgan fingerprint density at radius 3 is 2.79 bits per heavy atom. The topological polar surface area (TPSA) is 55.6 Å². The standard InChI is InChI=1S/C20H24N2O2/c21-18-10-4-9-17(14-18)20(23)22-12-11-19(15-22)24-13-5-8-16-6-2-1-3-7-16/h1-4,6-7,9-10,14,19H,5,8,11-13,15,21H2. The highest BCUT2D eigenvalue weighted by molar-refractivity contribution is 5.95. The van der Waals surface area contributed by atoms with Crippen LogP contribution < -0.4 is 5.73 Å². The molecule has 1 atom stereocenters. The average Bonchev–Trinajstić information content (AvgIpc) is 3.08. The van der Waals surface area contributed by atoms with Crippen molar-refractivity contribution >= 4 is 11.6 Å². The molecule has 1 fully saturated rings. The molecule has 2 aromatic carbocycles. The second-order valence-corrected chi connectivity index (χ2v) is 6.25. The Kier molecular flexibility index (Phi) is 5.49. The van der Waals surface area contributed by atoms with E-state index < -0.39 is 0 Å². The number of anilines is 1. The van der Waals surface area contributed by atoms with Crippen molar-refractivity contribution in [3.05, 3.63) is 65.7 Å². The number of carbonyl (C=O) groups is 1. The van der Waals surface area contributed by atoms with Crippen LogP contribution in [0.25, 0.3) is 0 Å². The molecular formula is C20H24N2O2. The Balaban J connectivity index is 1.41. The number of nitrogens with two attached hydrogens (primary N) is 1. The monoisotopic (exact) mass is 324 g/mol. The number of nitrogens with zero attached hydrogens (tertiary/aromatic N) is 1. The SMILES string of the molecule is Nc1cccc(C(=O)N2CCC(OCCCc3ccccc3)C2)c1. The van der Waals surface area contributed by atoms with Gasteiger partial charge in [0.1, 0.15) is 0 Å². The van der Waals surface area contributed by atoms with Gasteiger partial charge in [-0.15, -0.1) is 0 Å². The molecule has 1 heterocycles. The van der Waals surface area contributed by atoms with Crippen LogP contribution in [0.5, 0.6) is 0 Å². The van der Waals surface area contributed by atoms with Gasteiger partial charge in [-0.3, -0.25) is 4.79 Å². The highest BCUT2D eigenvalue weighted by atomic mass is 16.5. The maximum Gasteiger partial charge on any atom is 0.254 e. The summed E-state index contributed by atoms with van der Waals surface area (Å²) in [5, 5.41) is 0. The molecule has 0 aliphatic carbocycles. The van der Waals surface area contributed by atoms with Gasteiger partial charge in [-0.2, -0.15) is 0 Å². The highest BCUT2D eigenvalue weighted by Gasteiger charge is 2.27. The van der Waals surface area contributed by atoms with E-state index in [0.717, 1.165) is 32.4 Å². The first kappa shape index (κ1) is 16.5. The van der Waals surface area contributed by atoms with Gasteiger partial charge in [-0.25, -0.2) is 0 Å². The summed E-state index contributed by atoms with van der Waals surface area (Å²) in [7, 11) is 0. The summed E-state index contributed by atoms with van der Waals surface area (Å²) < 4.78 is 5.95. The number of hydrogen-bond donors (Lipinski definition) is 1. The van der Waals surface area contributed by atoms with Crippen LogP contribution in [0.3, 0.4) is 0 Å². The van der Waals surface area contributed by atoms with Crippen LogP contribution in [-0.4, -0.2) is 36.6 Å². The molecule has 0 radical (unpaired) electrons. The third-order valence-corrected chi connectivity index (χ3v) is 4.37. The van der Waals surface area contributed by atoms with Crippen LogP contribution in [0.2, 0.25) is 0 Å². The molecule has 4 heteroatoms. The molecule has 0 bridgehead atoms. The average molecular weight is 324 g/mol. The van der Waals surface area contributed by atoms with E-state index in [1.807, 2.05) is 23.1 Å². The lowest BCUT2D eigenvalue weighted by molar-refractivity contribution is 0.0525. The minimum absolute atomic E-state index is 0.0395. The van der Waals surface area contributed by atoms with Gasteiger partial charge in [0.25, 0.3) is 5.91 Å². The maximum atomic E-state index is 12.5. The number of likely N-dealkylation sites (tertiary alicyclic amines) is 1. The number of amides is 1. The van der Waals surface area contributed by atoms with Crippen LogP contribution in [-0.2, 0) is 11.2 Å². The van der Waals surface area contributed by atoms with Gasteiger partial charge in [-0.1, -0.05) is 36.4 Å². The largest absolute Gasteiger partial charge is 0.399 e. The van der Waals surface area contributed by atoms with Gasteiger partial charge in [-0.05, 0) is 43.0 Å². The Hall–Kier alpha value is -2.33. The van der Waals surface area contributed by atoms with E-state index in [1.165, 1.54) is 5.56 Å². The summed E-state index contributed by atoms with van der Waals surface area (Å²) >= 11 is 0. The van der Waals surface area contributed by atoms with Crippen LogP contribution in [0, 0.1) is 0 Å². The van der Waals surface area contributed by atoms with Gasteiger partial charge < -0.3 is 15.4 Å². The Bertz CT molecular complexity index is 672. The predicted octanol–water partition coefficient (Wildman–Crippen LogP) is 3.13. The van der Waals surface area contributed by atoms with E-state index in [9.17, 15) is 4.79 Å². The molecule has 0 saturated carbocycles. The first-order valence-electron chi connectivity index (χ1n) is 8.53. The molecule has 0 spiro atoms. The van der Waals surface area contributed by atoms with E-state index in [0.29, 0.717) is 17.8 Å².